The lowest BCUT2D eigenvalue weighted by atomic mass is 9.99. The second kappa shape index (κ2) is 18.1. The van der Waals surface area contributed by atoms with E-state index in [2.05, 4.69) is 61.6 Å². The minimum Gasteiger partial charge on any atom is -0.481 e. The van der Waals surface area contributed by atoms with E-state index in [9.17, 15) is 4.79 Å². The van der Waals surface area contributed by atoms with Gasteiger partial charge in [-0.05, 0) is 63.2 Å². The summed E-state index contributed by atoms with van der Waals surface area (Å²) in [7, 11) is 0. The molecule has 0 amide bonds. The molecule has 0 aliphatic rings. The summed E-state index contributed by atoms with van der Waals surface area (Å²) >= 11 is 5.00. The third-order valence-electron chi connectivity index (χ3n) is 3.69. The van der Waals surface area contributed by atoms with Crippen LogP contribution in [0.4, 0.5) is 0 Å². The summed E-state index contributed by atoms with van der Waals surface area (Å²) in [5.41, 5.74) is 0. The van der Waals surface area contributed by atoms with Crippen LogP contribution in [0.2, 0.25) is 0 Å². The third-order valence-corrected chi connectivity index (χ3v) is 3.86. The first-order valence-electron chi connectivity index (χ1n) is 9.55. The number of hydrogen-bond donors (Lipinski definition) is 1. The molecule has 0 aromatic carbocycles. The fourth-order valence-corrected chi connectivity index (χ4v) is 2.49. The van der Waals surface area contributed by atoms with Crippen LogP contribution in [0.3, 0.4) is 0 Å². The first kappa shape index (κ1) is 24.3. The van der Waals surface area contributed by atoms with E-state index in [1.54, 1.807) is 6.92 Å². The van der Waals surface area contributed by atoms with E-state index in [-0.39, 0.29) is 5.92 Å². The number of hydrogen-bond acceptors (Lipinski definition) is 2. The highest BCUT2D eigenvalue weighted by Gasteiger charge is 2.15. The zero-order chi connectivity index (χ0) is 19.5. The van der Waals surface area contributed by atoms with E-state index < -0.39 is 5.97 Å². The highest BCUT2D eigenvalue weighted by atomic mass is 32.1. The molecule has 0 radical (unpaired) electrons. The van der Waals surface area contributed by atoms with Gasteiger partial charge in [0.1, 0.15) is 0 Å². The van der Waals surface area contributed by atoms with Crippen LogP contribution < -0.4 is 0 Å². The van der Waals surface area contributed by atoms with Gasteiger partial charge in [0.2, 0.25) is 0 Å². The molecule has 0 aromatic rings. The average molecular weight is 375 g/mol. The van der Waals surface area contributed by atoms with E-state index in [0.29, 0.717) is 12.8 Å². The second-order valence-electron chi connectivity index (χ2n) is 6.23. The molecule has 0 heterocycles. The Morgan fingerprint density at radius 3 is 1.77 bits per heavy atom. The van der Waals surface area contributed by atoms with Crippen LogP contribution in [0, 0.1) is 5.92 Å². The van der Waals surface area contributed by atoms with E-state index in [0.717, 1.165) is 43.4 Å². The number of unbranched alkanes of at least 4 members (excludes halogenated alkanes) is 1. The quantitative estimate of drug-likeness (QED) is 0.190. The number of aliphatic carboxylic acids is 1. The Labute approximate surface area is 165 Å². The number of thiocarbonyl (C=S) groups is 1. The third kappa shape index (κ3) is 17.1. The van der Waals surface area contributed by atoms with Crippen molar-refractivity contribution in [2.45, 2.75) is 65.2 Å². The molecule has 0 saturated heterocycles. The Morgan fingerprint density at radius 2 is 1.31 bits per heavy atom. The summed E-state index contributed by atoms with van der Waals surface area (Å²) < 4.78 is 0. The summed E-state index contributed by atoms with van der Waals surface area (Å²) in [6, 6.07) is 0. The molecule has 144 valence electrons. The molecular formula is C23H34O2S. The molecule has 1 unspecified atom stereocenters. The maximum atomic E-state index is 11.1. The maximum Gasteiger partial charge on any atom is 0.307 e. The van der Waals surface area contributed by atoms with Gasteiger partial charge < -0.3 is 5.11 Å². The number of allylic oxidation sites excluding steroid dienone is 10. The molecule has 0 rings (SSSR count). The summed E-state index contributed by atoms with van der Waals surface area (Å²) in [6.07, 6.45) is 28.6. The molecule has 0 fully saturated rings. The first-order valence-corrected chi connectivity index (χ1v) is 9.96. The van der Waals surface area contributed by atoms with E-state index >= 15 is 0 Å². The molecule has 1 N–H and O–H groups in total. The summed E-state index contributed by atoms with van der Waals surface area (Å²) in [5.74, 6) is -1.15. The van der Waals surface area contributed by atoms with Crippen LogP contribution >= 0.6 is 12.2 Å². The lowest BCUT2D eigenvalue weighted by molar-refractivity contribution is -0.141. The molecule has 2 nitrogen and oxygen atoms in total. The van der Waals surface area contributed by atoms with Gasteiger partial charge in [-0.2, -0.15) is 0 Å². The topological polar surface area (TPSA) is 37.3 Å². The van der Waals surface area contributed by atoms with E-state index in [1.165, 1.54) is 0 Å². The van der Waals surface area contributed by atoms with Gasteiger partial charge >= 0.3 is 5.97 Å². The van der Waals surface area contributed by atoms with Gasteiger partial charge in [0.05, 0.1) is 5.92 Å². The van der Waals surface area contributed by atoms with Gasteiger partial charge in [-0.15, -0.1) is 0 Å². The molecule has 0 aliphatic carbocycles. The van der Waals surface area contributed by atoms with E-state index in [1.807, 2.05) is 6.08 Å². The normalized spacial score (nSPS) is 13.8. The van der Waals surface area contributed by atoms with Crippen molar-refractivity contribution in [3.8, 4) is 0 Å². The first-order chi connectivity index (χ1) is 12.6. The number of carboxylic acids is 1. The lowest BCUT2D eigenvalue weighted by Crippen LogP contribution is -2.15. The van der Waals surface area contributed by atoms with Crippen molar-refractivity contribution in [3.05, 3.63) is 60.8 Å². The Balaban J connectivity index is 3.74. The van der Waals surface area contributed by atoms with E-state index in [4.69, 9.17) is 17.3 Å². The zero-order valence-electron chi connectivity index (χ0n) is 16.3. The van der Waals surface area contributed by atoms with Crippen LogP contribution in [-0.4, -0.2) is 15.9 Å². The van der Waals surface area contributed by atoms with Gasteiger partial charge in [-0.3, -0.25) is 4.79 Å². The minimum absolute atomic E-state index is 0.388. The highest BCUT2D eigenvalue weighted by molar-refractivity contribution is 7.80. The Bertz CT molecular complexity index is 524. The van der Waals surface area contributed by atoms with Crippen LogP contribution in [0.15, 0.2) is 60.8 Å². The summed E-state index contributed by atoms with van der Waals surface area (Å²) in [5, 5.41) is 9.13. The average Bonchev–Trinajstić information content (AvgIpc) is 2.59. The van der Waals surface area contributed by atoms with Crippen molar-refractivity contribution >= 4 is 23.1 Å². The summed E-state index contributed by atoms with van der Waals surface area (Å²) in [4.78, 5) is 11.9. The fraction of sp³-hybridized carbons (Fsp3) is 0.478. The predicted molar refractivity (Wildman–Crippen MR) is 118 cm³/mol. The van der Waals surface area contributed by atoms with Crippen LogP contribution in [0.1, 0.15) is 65.2 Å². The number of carbonyl (C=O) groups is 1. The van der Waals surface area contributed by atoms with Gasteiger partial charge in [-0.25, -0.2) is 0 Å². The molecule has 0 aliphatic heterocycles. The number of carboxylic acid groups (broad SMARTS) is 1. The molecule has 0 bridgehead atoms. The van der Waals surface area contributed by atoms with Crippen LogP contribution in [0.25, 0.3) is 0 Å². The second-order valence-corrected chi connectivity index (χ2v) is 6.92. The Hall–Kier alpha value is -1.74. The van der Waals surface area contributed by atoms with Crippen molar-refractivity contribution in [1.29, 1.82) is 0 Å². The van der Waals surface area contributed by atoms with Crippen molar-refractivity contribution in [2.24, 2.45) is 5.92 Å². The molecular weight excluding hydrogens is 340 g/mol. The van der Waals surface area contributed by atoms with Crippen molar-refractivity contribution in [2.75, 3.05) is 0 Å². The van der Waals surface area contributed by atoms with Crippen molar-refractivity contribution < 1.29 is 9.90 Å². The minimum atomic E-state index is -0.766. The monoisotopic (exact) mass is 374 g/mol. The lowest BCUT2D eigenvalue weighted by Gasteiger charge is -2.07. The van der Waals surface area contributed by atoms with Gasteiger partial charge in [-0.1, -0.05) is 79.9 Å². The van der Waals surface area contributed by atoms with Crippen molar-refractivity contribution in [3.63, 3.8) is 0 Å². The maximum absolute atomic E-state index is 11.1. The summed E-state index contributed by atoms with van der Waals surface area (Å²) in [6.45, 7) is 3.95. The predicted octanol–water partition coefficient (Wildman–Crippen LogP) is 7.00. The zero-order valence-corrected chi connectivity index (χ0v) is 17.1. The largest absolute Gasteiger partial charge is 0.481 e. The van der Waals surface area contributed by atoms with Crippen LogP contribution in [-0.2, 0) is 4.79 Å². The SMILES string of the molecule is CC/C=C\C/C=C\C/C=C\C/C=C\CC/C=C/CC(CC(C)=S)C(=O)O. The highest BCUT2D eigenvalue weighted by Crippen LogP contribution is 2.12. The van der Waals surface area contributed by atoms with Gasteiger partial charge in [0.15, 0.2) is 0 Å². The number of rotatable bonds is 15. The van der Waals surface area contributed by atoms with Gasteiger partial charge in [0, 0.05) is 0 Å². The standard InChI is InChI=1S/C23H34O2S/c1-3-4-5-6-7-8-9-10-11-12-13-14-15-16-17-18-19-22(23(24)25)20-21(2)26/h4-5,7-8,10-11,13-14,17-18,22H,3,6,9,12,15-16,19-20H2,1-2H3,(H,24,25)/b5-4-,8-7-,11-10-,14-13-,18-17+. The van der Waals surface area contributed by atoms with Crippen LogP contribution in [0.5, 0.6) is 0 Å². The molecule has 0 aromatic heterocycles. The molecule has 1 atom stereocenters. The molecule has 0 spiro atoms. The van der Waals surface area contributed by atoms with Crippen molar-refractivity contribution in [1.82, 2.24) is 0 Å². The Morgan fingerprint density at radius 1 is 0.846 bits per heavy atom. The fourth-order valence-electron chi connectivity index (χ4n) is 2.29. The molecule has 0 saturated carbocycles. The Kier molecular flexibility index (Phi) is 16.9. The molecule has 3 heteroatoms. The molecule has 26 heavy (non-hydrogen) atoms. The van der Waals surface area contributed by atoms with Gasteiger partial charge in [0.25, 0.3) is 0 Å². The smallest absolute Gasteiger partial charge is 0.307 e.